The molecule has 4 rings (SSSR count). The van der Waals surface area contributed by atoms with E-state index >= 15 is 0 Å². The van der Waals surface area contributed by atoms with Crippen LogP contribution in [0.2, 0.25) is 0 Å². The second-order valence-corrected chi connectivity index (χ2v) is 7.90. The van der Waals surface area contributed by atoms with Gasteiger partial charge >= 0.3 is 0 Å². The van der Waals surface area contributed by atoms with Crippen LogP contribution in [0.4, 0.5) is 0 Å². The number of carbonyl (C=O) groups excluding carboxylic acids is 1. The van der Waals surface area contributed by atoms with Crippen LogP contribution in [0.3, 0.4) is 0 Å². The molecular formula is C23H28N2O5. The van der Waals surface area contributed by atoms with Crippen molar-refractivity contribution in [1.29, 1.82) is 0 Å². The lowest BCUT2D eigenvalue weighted by Gasteiger charge is -2.22. The van der Waals surface area contributed by atoms with E-state index in [1.807, 2.05) is 30.3 Å². The average Bonchev–Trinajstić information content (AvgIpc) is 3.61. The lowest BCUT2D eigenvalue weighted by atomic mass is 10.2. The molecule has 0 radical (unpaired) electrons. The lowest BCUT2D eigenvalue weighted by molar-refractivity contribution is -0.169. The highest BCUT2D eigenvalue weighted by Crippen LogP contribution is 2.27. The molecule has 1 saturated heterocycles. The quantitative estimate of drug-likeness (QED) is 0.660. The molecule has 1 aromatic heterocycles. The van der Waals surface area contributed by atoms with Gasteiger partial charge in [0.15, 0.2) is 17.7 Å². The fraction of sp³-hybridized carbons (Fsp3) is 0.478. The van der Waals surface area contributed by atoms with Gasteiger partial charge < -0.3 is 24.5 Å². The zero-order valence-electron chi connectivity index (χ0n) is 17.0. The van der Waals surface area contributed by atoms with Gasteiger partial charge in [-0.2, -0.15) is 0 Å². The van der Waals surface area contributed by atoms with Crippen molar-refractivity contribution in [3.05, 3.63) is 63.6 Å². The normalized spacial score (nSPS) is 18.7. The Balaban J connectivity index is 1.50. The molecule has 1 amide bonds. The molecule has 1 unspecified atom stereocenters. The number of rotatable bonds is 9. The fourth-order valence-electron chi connectivity index (χ4n) is 3.38. The van der Waals surface area contributed by atoms with Crippen LogP contribution in [0.1, 0.15) is 53.8 Å². The van der Waals surface area contributed by atoms with Crippen molar-refractivity contribution in [3.8, 4) is 5.75 Å². The Hall–Kier alpha value is -2.64. The predicted molar refractivity (Wildman–Crippen MR) is 111 cm³/mol. The number of aromatic amines is 1. The Kier molecular flexibility index (Phi) is 6.81. The Bertz CT molecular complexity index is 902. The molecule has 30 heavy (non-hydrogen) atoms. The Labute approximate surface area is 175 Å². The van der Waals surface area contributed by atoms with Gasteiger partial charge in [-0.15, -0.1) is 0 Å². The van der Waals surface area contributed by atoms with Gasteiger partial charge in [0.1, 0.15) is 6.61 Å². The highest BCUT2D eigenvalue weighted by atomic mass is 16.7. The summed E-state index contributed by atoms with van der Waals surface area (Å²) in [5.74, 6) is 0.229. The standard InChI is InChI=1S/C23H28N2O5/c26-19-12-18(15-29-20-8-4-5-11-28-20)25-21(23(27)24-13-16-9-10-16)22(19)30-14-17-6-2-1-3-7-17/h1-3,6-7,12,16,20H,4-5,8-11,13-15H2,(H,24,27)(H,25,26). The van der Waals surface area contributed by atoms with Crippen LogP contribution in [0.5, 0.6) is 5.75 Å². The van der Waals surface area contributed by atoms with Crippen LogP contribution in [0, 0.1) is 5.92 Å². The third kappa shape index (κ3) is 5.70. The molecule has 2 aromatic rings. The topological polar surface area (TPSA) is 89.7 Å². The van der Waals surface area contributed by atoms with Crippen molar-refractivity contribution in [2.24, 2.45) is 5.92 Å². The number of pyridine rings is 1. The SMILES string of the molecule is O=C(NCC1CC1)c1[nH]c(COC2CCCCO2)cc(=O)c1OCc1ccccc1. The minimum Gasteiger partial charge on any atom is -0.483 e. The number of hydrogen-bond donors (Lipinski definition) is 2. The maximum Gasteiger partial charge on any atom is 0.271 e. The van der Waals surface area contributed by atoms with Crippen LogP contribution in [0.25, 0.3) is 0 Å². The maximum atomic E-state index is 12.8. The van der Waals surface area contributed by atoms with E-state index in [2.05, 4.69) is 10.3 Å². The van der Waals surface area contributed by atoms with Gasteiger partial charge in [0.05, 0.1) is 6.61 Å². The number of benzene rings is 1. The zero-order valence-corrected chi connectivity index (χ0v) is 17.0. The monoisotopic (exact) mass is 412 g/mol. The number of ether oxygens (including phenoxy) is 3. The number of nitrogens with one attached hydrogen (secondary N) is 2. The van der Waals surface area contributed by atoms with Crippen molar-refractivity contribution < 1.29 is 19.0 Å². The smallest absolute Gasteiger partial charge is 0.271 e. The van der Waals surface area contributed by atoms with E-state index in [1.165, 1.54) is 6.07 Å². The Morgan fingerprint density at radius 1 is 1.13 bits per heavy atom. The molecule has 160 valence electrons. The van der Waals surface area contributed by atoms with E-state index in [-0.39, 0.29) is 42.3 Å². The first-order chi connectivity index (χ1) is 14.7. The molecule has 1 saturated carbocycles. The van der Waals surface area contributed by atoms with E-state index in [0.717, 1.165) is 37.7 Å². The second kappa shape index (κ2) is 9.91. The summed E-state index contributed by atoms with van der Waals surface area (Å²) in [5.41, 5.74) is 1.24. The Morgan fingerprint density at radius 3 is 2.70 bits per heavy atom. The first kappa shape index (κ1) is 20.6. The van der Waals surface area contributed by atoms with E-state index in [4.69, 9.17) is 14.2 Å². The van der Waals surface area contributed by atoms with E-state index < -0.39 is 0 Å². The molecule has 0 spiro atoms. The molecule has 0 bridgehead atoms. The van der Waals surface area contributed by atoms with Crippen LogP contribution >= 0.6 is 0 Å². The van der Waals surface area contributed by atoms with E-state index in [0.29, 0.717) is 24.8 Å². The molecule has 2 aliphatic rings. The molecule has 7 nitrogen and oxygen atoms in total. The molecular weight excluding hydrogens is 384 g/mol. The summed E-state index contributed by atoms with van der Waals surface area (Å²) in [4.78, 5) is 28.6. The van der Waals surface area contributed by atoms with Gasteiger partial charge in [-0.25, -0.2) is 0 Å². The minimum atomic E-state index is -0.343. The van der Waals surface area contributed by atoms with Crippen LogP contribution in [-0.4, -0.2) is 30.3 Å². The lowest BCUT2D eigenvalue weighted by Crippen LogP contribution is -2.29. The molecule has 1 aromatic carbocycles. The van der Waals surface area contributed by atoms with Crippen molar-refractivity contribution in [2.45, 2.75) is 51.6 Å². The van der Waals surface area contributed by atoms with Crippen LogP contribution in [0.15, 0.2) is 41.2 Å². The second-order valence-electron chi connectivity index (χ2n) is 7.90. The zero-order chi connectivity index (χ0) is 20.8. The average molecular weight is 412 g/mol. The van der Waals surface area contributed by atoms with Gasteiger partial charge in [0.25, 0.3) is 5.91 Å². The summed E-state index contributed by atoms with van der Waals surface area (Å²) in [5, 5.41) is 2.90. The van der Waals surface area contributed by atoms with Gasteiger partial charge in [0, 0.05) is 24.9 Å². The highest BCUT2D eigenvalue weighted by Gasteiger charge is 2.24. The maximum absolute atomic E-state index is 12.8. The van der Waals surface area contributed by atoms with E-state index in [1.54, 1.807) is 0 Å². The highest BCUT2D eigenvalue weighted by molar-refractivity contribution is 5.95. The first-order valence-corrected chi connectivity index (χ1v) is 10.6. The van der Waals surface area contributed by atoms with Crippen molar-refractivity contribution in [2.75, 3.05) is 13.2 Å². The van der Waals surface area contributed by atoms with Crippen molar-refractivity contribution >= 4 is 5.91 Å². The number of carbonyl (C=O) groups is 1. The number of H-pyrrole nitrogens is 1. The summed E-state index contributed by atoms with van der Waals surface area (Å²) in [7, 11) is 0. The van der Waals surface area contributed by atoms with Gasteiger partial charge in [-0.1, -0.05) is 30.3 Å². The molecule has 1 aliphatic heterocycles. The number of hydrogen-bond acceptors (Lipinski definition) is 5. The molecule has 1 aliphatic carbocycles. The molecule has 2 fully saturated rings. The molecule has 1 atom stereocenters. The van der Waals surface area contributed by atoms with Gasteiger partial charge in [-0.05, 0) is 43.6 Å². The van der Waals surface area contributed by atoms with Crippen LogP contribution < -0.4 is 15.5 Å². The first-order valence-electron chi connectivity index (χ1n) is 10.6. The summed E-state index contributed by atoms with van der Waals surface area (Å²) in [6.07, 6.45) is 4.91. The van der Waals surface area contributed by atoms with Crippen LogP contribution in [-0.2, 0) is 22.7 Å². The molecule has 7 heteroatoms. The summed E-state index contributed by atoms with van der Waals surface area (Å²) in [6.45, 7) is 1.66. The molecule has 2 heterocycles. The third-order valence-corrected chi connectivity index (χ3v) is 5.31. The third-order valence-electron chi connectivity index (χ3n) is 5.31. The predicted octanol–water partition coefficient (Wildman–Crippen LogP) is 3.14. The van der Waals surface area contributed by atoms with E-state index in [9.17, 15) is 9.59 Å². The van der Waals surface area contributed by atoms with Gasteiger partial charge in [0.2, 0.25) is 5.43 Å². The van der Waals surface area contributed by atoms with Gasteiger partial charge in [-0.3, -0.25) is 9.59 Å². The van der Waals surface area contributed by atoms with Crippen molar-refractivity contribution in [1.82, 2.24) is 10.3 Å². The largest absolute Gasteiger partial charge is 0.483 e. The molecule has 2 N–H and O–H groups in total. The fourth-order valence-corrected chi connectivity index (χ4v) is 3.38. The minimum absolute atomic E-state index is 0.0322. The summed E-state index contributed by atoms with van der Waals surface area (Å²) >= 11 is 0. The summed E-state index contributed by atoms with van der Waals surface area (Å²) < 4.78 is 17.1. The number of amides is 1. The number of aromatic nitrogens is 1. The Morgan fingerprint density at radius 2 is 1.97 bits per heavy atom. The van der Waals surface area contributed by atoms with Crippen molar-refractivity contribution in [3.63, 3.8) is 0 Å². The summed E-state index contributed by atoms with van der Waals surface area (Å²) in [6, 6.07) is 11.0.